The molecule has 144 valence electrons. The predicted octanol–water partition coefficient (Wildman–Crippen LogP) is 5.67. The first-order chi connectivity index (χ1) is 12.0. The molecule has 26 heavy (non-hydrogen) atoms. The first kappa shape index (κ1) is 21.0. The van der Waals surface area contributed by atoms with Crippen LogP contribution in [0.3, 0.4) is 0 Å². The zero-order valence-corrected chi connectivity index (χ0v) is 17.8. The number of hydrogen-bond donors (Lipinski definition) is 2. The quantitative estimate of drug-likeness (QED) is 0.494. The lowest BCUT2D eigenvalue weighted by Crippen LogP contribution is -2.22. The highest BCUT2D eigenvalue weighted by atomic mass is 32.1. The number of carbonyl (C=O) groups is 1. The van der Waals surface area contributed by atoms with Gasteiger partial charge in [-0.1, -0.05) is 18.8 Å². The number of carboxylic acid groups (broad SMARTS) is 1. The lowest BCUT2D eigenvalue weighted by Gasteiger charge is -2.32. The summed E-state index contributed by atoms with van der Waals surface area (Å²) >= 11 is 1.09. The Morgan fingerprint density at radius 1 is 1.35 bits per heavy atom. The summed E-state index contributed by atoms with van der Waals surface area (Å²) in [5.74, 6) is 5.70. The molecule has 1 aliphatic carbocycles. The lowest BCUT2D eigenvalue weighted by molar-refractivity contribution is 0.0703. The fourth-order valence-electron chi connectivity index (χ4n) is 2.98. The fourth-order valence-corrected chi connectivity index (χ4v) is 5.92. The summed E-state index contributed by atoms with van der Waals surface area (Å²) in [6.07, 6.45) is 3.67. The maximum absolute atomic E-state index is 13.4. The van der Waals surface area contributed by atoms with E-state index in [9.17, 15) is 14.5 Å². The second kappa shape index (κ2) is 8.17. The molecule has 2 N–H and O–H groups in total. The van der Waals surface area contributed by atoms with Crippen LogP contribution in [0.4, 0.5) is 5.69 Å². The van der Waals surface area contributed by atoms with Crippen LogP contribution in [0.2, 0.25) is 0 Å². The molecule has 7 heteroatoms. The summed E-state index contributed by atoms with van der Waals surface area (Å²) in [5.41, 5.74) is 0.0700. The molecule has 1 aromatic rings. The molecule has 0 bridgehead atoms. The molecule has 0 spiro atoms. The van der Waals surface area contributed by atoms with E-state index in [0.29, 0.717) is 16.5 Å². The Labute approximate surface area is 160 Å². The Morgan fingerprint density at radius 3 is 2.46 bits per heavy atom. The number of nitrogens with one attached hydrogen (secondary N) is 1. The number of carboxylic acids is 1. The van der Waals surface area contributed by atoms with E-state index in [-0.39, 0.29) is 16.0 Å². The zero-order chi connectivity index (χ0) is 19.5. The van der Waals surface area contributed by atoms with Crippen molar-refractivity contribution in [3.8, 4) is 11.8 Å². The second-order valence-corrected chi connectivity index (χ2v) is 11.5. The van der Waals surface area contributed by atoms with E-state index in [2.05, 4.69) is 23.9 Å². The van der Waals surface area contributed by atoms with Crippen molar-refractivity contribution in [3.05, 3.63) is 15.8 Å². The molecule has 0 radical (unpaired) electrons. The summed E-state index contributed by atoms with van der Waals surface area (Å²) in [6.45, 7) is 8.18. The number of hydrogen-bond acceptors (Lipinski definition) is 4. The van der Waals surface area contributed by atoms with Gasteiger partial charge < -0.3 is 14.7 Å². The van der Waals surface area contributed by atoms with Gasteiger partial charge in [0.2, 0.25) is 0 Å². The van der Waals surface area contributed by atoms with Gasteiger partial charge in [-0.3, -0.25) is 4.57 Å². The van der Waals surface area contributed by atoms with Crippen LogP contribution in [0.15, 0.2) is 6.07 Å². The number of rotatable bonds is 5. The van der Waals surface area contributed by atoms with Gasteiger partial charge >= 0.3 is 5.97 Å². The smallest absolute Gasteiger partial charge is 0.348 e. The Kier molecular flexibility index (Phi) is 6.60. The van der Waals surface area contributed by atoms with Crippen molar-refractivity contribution in [2.75, 3.05) is 12.2 Å². The zero-order valence-electron chi connectivity index (χ0n) is 16.1. The topological polar surface area (TPSA) is 75.6 Å². The minimum absolute atomic E-state index is 0.0886. The van der Waals surface area contributed by atoms with Gasteiger partial charge in [-0.15, -0.1) is 11.3 Å². The van der Waals surface area contributed by atoms with E-state index in [4.69, 9.17) is 4.52 Å². The summed E-state index contributed by atoms with van der Waals surface area (Å²) in [5, 5.41) is 12.5. The fraction of sp³-hybridized carbons (Fsp3) is 0.632. The Balaban J connectivity index is 2.30. The van der Waals surface area contributed by atoms with Gasteiger partial charge in [0.05, 0.1) is 16.2 Å². The van der Waals surface area contributed by atoms with Gasteiger partial charge in [0.25, 0.3) is 7.52 Å². The molecule has 2 rings (SSSR count). The molecule has 5 nitrogen and oxygen atoms in total. The van der Waals surface area contributed by atoms with Crippen molar-refractivity contribution >= 4 is 30.5 Å². The molecular weight excluding hydrogens is 369 g/mol. The largest absolute Gasteiger partial charge is 0.477 e. The van der Waals surface area contributed by atoms with Gasteiger partial charge in [0.15, 0.2) is 0 Å². The Bertz CT molecular complexity index is 761. The normalized spacial score (nSPS) is 22.8. The maximum atomic E-state index is 13.4. The third-order valence-corrected chi connectivity index (χ3v) is 8.11. The molecule has 1 unspecified atom stereocenters. The summed E-state index contributed by atoms with van der Waals surface area (Å²) in [6, 6.07) is 1.67. The third kappa shape index (κ3) is 5.36. The molecule has 1 atom stereocenters. The number of aromatic carboxylic acids is 1. The first-order valence-corrected chi connectivity index (χ1v) is 11.4. The molecule has 1 fully saturated rings. The van der Waals surface area contributed by atoms with Crippen molar-refractivity contribution in [1.82, 2.24) is 0 Å². The average Bonchev–Trinajstić information content (AvgIpc) is 2.95. The summed E-state index contributed by atoms with van der Waals surface area (Å²) in [7, 11) is -1.75. The minimum Gasteiger partial charge on any atom is -0.477 e. The van der Waals surface area contributed by atoms with Crippen LogP contribution in [0, 0.1) is 23.2 Å². The van der Waals surface area contributed by atoms with Crippen LogP contribution in [-0.4, -0.2) is 23.8 Å². The molecular formula is C19H28NO4PS. The lowest BCUT2D eigenvalue weighted by atomic mass is 9.91. The predicted molar refractivity (Wildman–Crippen MR) is 107 cm³/mol. The third-order valence-electron chi connectivity index (χ3n) is 4.50. The van der Waals surface area contributed by atoms with Crippen LogP contribution >= 0.6 is 18.9 Å². The van der Waals surface area contributed by atoms with E-state index >= 15 is 0 Å². The van der Waals surface area contributed by atoms with Crippen molar-refractivity contribution in [3.63, 3.8) is 0 Å². The summed E-state index contributed by atoms with van der Waals surface area (Å²) < 4.78 is 18.8. The maximum Gasteiger partial charge on any atom is 0.348 e. The Morgan fingerprint density at radius 2 is 1.96 bits per heavy atom. The molecule has 1 heterocycles. The van der Waals surface area contributed by atoms with Gasteiger partial charge in [-0.25, -0.2) is 4.79 Å². The monoisotopic (exact) mass is 397 g/mol. The molecule has 1 aromatic heterocycles. The molecule has 0 saturated heterocycles. The molecule has 0 aliphatic heterocycles. The van der Waals surface area contributed by atoms with Crippen LogP contribution in [-0.2, 0) is 9.09 Å². The second-order valence-electron chi connectivity index (χ2n) is 7.96. The van der Waals surface area contributed by atoms with Crippen molar-refractivity contribution in [2.45, 2.75) is 59.0 Å². The van der Waals surface area contributed by atoms with E-state index < -0.39 is 13.5 Å². The molecule has 0 amide bonds. The molecule has 1 saturated carbocycles. The highest BCUT2D eigenvalue weighted by Gasteiger charge is 2.37. The van der Waals surface area contributed by atoms with Crippen molar-refractivity contribution < 1.29 is 19.0 Å². The van der Waals surface area contributed by atoms with Crippen LogP contribution in [0.1, 0.15) is 67.9 Å². The minimum atomic E-state index is -3.18. The van der Waals surface area contributed by atoms with E-state index in [1.165, 1.54) is 7.11 Å². The highest BCUT2D eigenvalue weighted by Crippen LogP contribution is 2.56. The molecule has 0 aromatic carbocycles. The standard InChI is InChI=1S/C19H28NO4PS/c1-13-6-8-14(9-7-13)25(23,24-5)20-16-12-15(10-11-19(2,3)4)26-17(16)18(21)22/h12-14H,6-9H2,1-5H3,(H,20,23)(H,21,22). The highest BCUT2D eigenvalue weighted by molar-refractivity contribution is 7.61. The van der Waals surface area contributed by atoms with Crippen LogP contribution < -0.4 is 5.09 Å². The Hall–Kier alpha value is -1.28. The van der Waals surface area contributed by atoms with Crippen LogP contribution in [0.5, 0.6) is 0 Å². The van der Waals surface area contributed by atoms with Gasteiger partial charge in [-0.05, 0) is 58.4 Å². The van der Waals surface area contributed by atoms with Crippen molar-refractivity contribution in [1.29, 1.82) is 0 Å². The SMILES string of the molecule is COP(=O)(Nc1cc(C#CC(C)(C)C)sc1C(=O)O)C1CCC(C)CC1. The van der Waals surface area contributed by atoms with E-state index in [0.717, 1.165) is 37.0 Å². The number of thiophene rings is 1. The van der Waals surface area contributed by atoms with E-state index in [1.807, 2.05) is 20.8 Å². The van der Waals surface area contributed by atoms with E-state index in [1.54, 1.807) is 6.07 Å². The van der Waals surface area contributed by atoms with Gasteiger partial charge in [0.1, 0.15) is 4.88 Å². The molecule has 1 aliphatic rings. The van der Waals surface area contributed by atoms with Gasteiger partial charge in [0, 0.05) is 12.5 Å². The average molecular weight is 397 g/mol. The van der Waals surface area contributed by atoms with Crippen LogP contribution in [0.25, 0.3) is 0 Å². The van der Waals surface area contributed by atoms with Crippen molar-refractivity contribution in [2.24, 2.45) is 11.3 Å². The summed E-state index contributed by atoms with van der Waals surface area (Å²) in [4.78, 5) is 12.4. The van der Waals surface area contributed by atoms with Gasteiger partial charge in [-0.2, -0.15) is 0 Å². The first-order valence-electron chi connectivity index (χ1n) is 8.88. The number of anilines is 1.